The third-order valence-electron chi connectivity index (χ3n) is 6.33. The van der Waals surface area contributed by atoms with Crippen molar-refractivity contribution in [2.24, 2.45) is 0 Å². The number of H-pyrrole nitrogens is 1. The second-order valence-corrected chi connectivity index (χ2v) is 8.31. The summed E-state index contributed by atoms with van der Waals surface area (Å²) >= 11 is 0. The molecule has 2 aromatic carbocycles. The quantitative estimate of drug-likeness (QED) is 0.365. The fourth-order valence-corrected chi connectivity index (χ4v) is 4.77. The normalized spacial score (nSPS) is 16.6. The summed E-state index contributed by atoms with van der Waals surface area (Å²) in [7, 11) is 0. The van der Waals surface area contributed by atoms with Crippen LogP contribution in [-0.4, -0.2) is 26.4 Å². The van der Waals surface area contributed by atoms with E-state index < -0.39 is 29.2 Å². The fraction of sp³-hybridized carbons (Fsp3) is 0.208. The Kier molecular flexibility index (Phi) is 4.59. The van der Waals surface area contributed by atoms with E-state index in [4.69, 9.17) is 10.5 Å². The third kappa shape index (κ3) is 2.91. The van der Waals surface area contributed by atoms with Gasteiger partial charge in [0.05, 0.1) is 17.2 Å². The minimum Gasteiger partial charge on any atom is -0.394 e. The highest BCUT2D eigenvalue weighted by molar-refractivity contribution is 6.14. The number of rotatable bonds is 2. The Morgan fingerprint density at radius 2 is 2.00 bits per heavy atom. The second-order valence-electron chi connectivity index (χ2n) is 8.31. The maximum Gasteiger partial charge on any atom is 0.272 e. The Hall–Kier alpha value is -3.92. The first-order valence-electron chi connectivity index (χ1n) is 10.8. The lowest BCUT2D eigenvalue weighted by atomic mass is 9.95. The van der Waals surface area contributed by atoms with E-state index in [1.54, 1.807) is 12.1 Å². The van der Waals surface area contributed by atoms with Gasteiger partial charge in [0.25, 0.3) is 5.56 Å². The number of anilines is 1. The Labute approximate surface area is 190 Å². The highest BCUT2D eigenvalue weighted by atomic mass is 19.2. The SMILES string of the molecule is Nc1c(-c2cc(F)c(F)c3c2cnn3C2CCCCO2)c2c(F)cc3ncccc3c2[nH]c1=O. The number of fused-ring (bicyclic) bond motifs is 4. The van der Waals surface area contributed by atoms with Crippen molar-refractivity contribution in [2.45, 2.75) is 25.5 Å². The van der Waals surface area contributed by atoms with E-state index in [9.17, 15) is 9.18 Å². The van der Waals surface area contributed by atoms with E-state index >= 15 is 8.78 Å². The number of hydrogen-bond acceptors (Lipinski definition) is 5. The molecule has 1 fully saturated rings. The van der Waals surface area contributed by atoms with Crippen LogP contribution < -0.4 is 11.3 Å². The predicted octanol–water partition coefficient (Wildman–Crippen LogP) is 4.79. The van der Waals surface area contributed by atoms with Gasteiger partial charge in [0.1, 0.15) is 17.0 Å². The third-order valence-corrected chi connectivity index (χ3v) is 6.33. The molecule has 34 heavy (non-hydrogen) atoms. The Balaban J connectivity index is 1.74. The van der Waals surface area contributed by atoms with E-state index in [1.165, 1.54) is 23.1 Å². The molecule has 10 heteroatoms. The van der Waals surface area contributed by atoms with Gasteiger partial charge in [0.15, 0.2) is 17.9 Å². The molecule has 4 heterocycles. The minimum absolute atomic E-state index is 0.0217. The number of aromatic nitrogens is 4. The molecule has 172 valence electrons. The first kappa shape index (κ1) is 20.7. The first-order chi connectivity index (χ1) is 16.5. The van der Waals surface area contributed by atoms with Crippen molar-refractivity contribution in [3.8, 4) is 11.1 Å². The van der Waals surface area contributed by atoms with E-state index in [0.717, 1.165) is 18.9 Å². The monoisotopic (exact) mass is 465 g/mol. The van der Waals surface area contributed by atoms with E-state index in [-0.39, 0.29) is 38.6 Å². The molecule has 3 aromatic heterocycles. The fourth-order valence-electron chi connectivity index (χ4n) is 4.77. The number of nitrogen functional groups attached to an aromatic ring is 1. The number of nitrogens with zero attached hydrogens (tertiary/aromatic N) is 3. The molecule has 5 aromatic rings. The van der Waals surface area contributed by atoms with Crippen molar-refractivity contribution in [1.82, 2.24) is 19.7 Å². The summed E-state index contributed by atoms with van der Waals surface area (Å²) < 4.78 is 52.4. The molecule has 3 N–H and O–H groups in total. The lowest BCUT2D eigenvalue weighted by Gasteiger charge is -2.23. The molecule has 1 saturated heterocycles. The van der Waals surface area contributed by atoms with Gasteiger partial charge in [-0.25, -0.2) is 17.9 Å². The summed E-state index contributed by atoms with van der Waals surface area (Å²) in [5, 5.41) is 4.92. The van der Waals surface area contributed by atoms with Gasteiger partial charge in [-0.3, -0.25) is 9.78 Å². The van der Waals surface area contributed by atoms with Crippen LogP contribution in [0.15, 0.2) is 41.5 Å². The van der Waals surface area contributed by atoms with Crippen LogP contribution in [-0.2, 0) is 4.74 Å². The molecule has 1 atom stereocenters. The number of ether oxygens (including phenoxy) is 1. The highest BCUT2D eigenvalue weighted by Crippen LogP contribution is 2.41. The van der Waals surface area contributed by atoms with Crippen LogP contribution in [0.5, 0.6) is 0 Å². The molecule has 0 radical (unpaired) electrons. The van der Waals surface area contributed by atoms with Crippen LogP contribution >= 0.6 is 0 Å². The number of aromatic amines is 1. The second kappa shape index (κ2) is 7.56. The summed E-state index contributed by atoms with van der Waals surface area (Å²) in [6.07, 6.45) is 4.62. The average Bonchev–Trinajstić information content (AvgIpc) is 3.29. The number of pyridine rings is 2. The van der Waals surface area contributed by atoms with Gasteiger partial charge in [0, 0.05) is 40.6 Å². The average molecular weight is 465 g/mol. The minimum atomic E-state index is -1.17. The first-order valence-corrected chi connectivity index (χ1v) is 10.8. The van der Waals surface area contributed by atoms with Crippen molar-refractivity contribution < 1.29 is 17.9 Å². The standard InChI is InChI=1S/C24H18F3N5O2/c25-14-9-16-11(4-3-6-29-16)22-19(14)18(21(28)24(33)31-22)12-8-15(26)20(27)23-13(12)10-30-32(23)17-5-1-2-7-34-17/h3-4,6,8-10,17H,1-2,5,7,28H2,(H,31,33). The lowest BCUT2D eigenvalue weighted by Crippen LogP contribution is -2.19. The van der Waals surface area contributed by atoms with Crippen molar-refractivity contribution in [3.63, 3.8) is 0 Å². The molecule has 0 amide bonds. The molecule has 0 aliphatic carbocycles. The molecular weight excluding hydrogens is 447 g/mol. The zero-order valence-electron chi connectivity index (χ0n) is 17.7. The molecule has 1 aliphatic heterocycles. The zero-order chi connectivity index (χ0) is 23.6. The molecule has 6 rings (SSSR count). The summed E-state index contributed by atoms with van der Waals surface area (Å²) in [6.45, 7) is 0.480. The summed E-state index contributed by atoms with van der Waals surface area (Å²) in [5.74, 6) is -2.98. The van der Waals surface area contributed by atoms with Gasteiger partial charge in [0.2, 0.25) is 0 Å². The van der Waals surface area contributed by atoms with Crippen molar-refractivity contribution >= 4 is 38.4 Å². The van der Waals surface area contributed by atoms with Gasteiger partial charge in [-0.15, -0.1) is 0 Å². The van der Waals surface area contributed by atoms with E-state index in [0.29, 0.717) is 23.9 Å². The molecule has 0 bridgehead atoms. The van der Waals surface area contributed by atoms with E-state index in [2.05, 4.69) is 15.1 Å². The molecular formula is C24H18F3N5O2. The Bertz CT molecular complexity index is 1670. The molecule has 0 saturated carbocycles. The molecule has 0 spiro atoms. The number of nitrogens with one attached hydrogen (secondary N) is 1. The molecule has 1 unspecified atom stereocenters. The number of hydrogen-bond donors (Lipinski definition) is 2. The van der Waals surface area contributed by atoms with Gasteiger partial charge in [-0.05, 0) is 43.0 Å². The van der Waals surface area contributed by atoms with Crippen molar-refractivity contribution in [1.29, 1.82) is 0 Å². The van der Waals surface area contributed by atoms with Crippen LogP contribution in [0.25, 0.3) is 43.8 Å². The van der Waals surface area contributed by atoms with Crippen LogP contribution in [0.4, 0.5) is 18.9 Å². The summed E-state index contributed by atoms with van der Waals surface area (Å²) in [4.78, 5) is 19.6. The van der Waals surface area contributed by atoms with Crippen LogP contribution in [0.3, 0.4) is 0 Å². The smallest absolute Gasteiger partial charge is 0.272 e. The van der Waals surface area contributed by atoms with Gasteiger partial charge < -0.3 is 15.5 Å². The predicted molar refractivity (Wildman–Crippen MR) is 122 cm³/mol. The number of halogens is 3. The van der Waals surface area contributed by atoms with E-state index in [1.807, 2.05) is 0 Å². The molecule has 1 aliphatic rings. The maximum absolute atomic E-state index is 15.4. The van der Waals surface area contributed by atoms with Crippen LogP contribution in [0.1, 0.15) is 25.5 Å². The Morgan fingerprint density at radius 1 is 1.15 bits per heavy atom. The zero-order valence-corrected chi connectivity index (χ0v) is 17.7. The summed E-state index contributed by atoms with van der Waals surface area (Å²) in [5.41, 5.74) is 5.53. The lowest BCUT2D eigenvalue weighted by molar-refractivity contribution is -0.0369. The highest BCUT2D eigenvalue weighted by Gasteiger charge is 2.27. The number of benzene rings is 2. The van der Waals surface area contributed by atoms with Crippen LogP contribution in [0, 0.1) is 17.5 Å². The van der Waals surface area contributed by atoms with Gasteiger partial charge in [-0.1, -0.05) is 0 Å². The maximum atomic E-state index is 15.4. The Morgan fingerprint density at radius 3 is 2.79 bits per heavy atom. The largest absolute Gasteiger partial charge is 0.394 e. The topological polar surface area (TPSA) is 98.8 Å². The van der Waals surface area contributed by atoms with Gasteiger partial charge >= 0.3 is 0 Å². The van der Waals surface area contributed by atoms with Crippen LogP contribution in [0.2, 0.25) is 0 Å². The van der Waals surface area contributed by atoms with Crippen molar-refractivity contribution in [3.05, 3.63) is 64.5 Å². The number of nitrogens with two attached hydrogens (primary N) is 1. The summed E-state index contributed by atoms with van der Waals surface area (Å²) in [6, 6.07) is 5.47. The van der Waals surface area contributed by atoms with Gasteiger partial charge in [-0.2, -0.15) is 5.10 Å². The van der Waals surface area contributed by atoms with Crippen molar-refractivity contribution in [2.75, 3.05) is 12.3 Å². The molecule has 7 nitrogen and oxygen atoms in total.